The van der Waals surface area contributed by atoms with Crippen molar-refractivity contribution < 1.29 is 23.9 Å². The summed E-state index contributed by atoms with van der Waals surface area (Å²) >= 11 is 0. The number of carbonyl (C=O) groups is 4. The van der Waals surface area contributed by atoms with Gasteiger partial charge in [0, 0.05) is 40.3 Å². The molecule has 0 fully saturated rings. The van der Waals surface area contributed by atoms with Crippen LogP contribution >= 0.6 is 0 Å². The Morgan fingerprint density at radius 3 is 1.27 bits per heavy atom. The minimum atomic E-state index is -0.603. The molecular formula is C31H36N4O5. The van der Waals surface area contributed by atoms with Gasteiger partial charge in [-0.15, -0.1) is 0 Å². The Hall–Kier alpha value is -4.66. The van der Waals surface area contributed by atoms with Gasteiger partial charge in [-0.1, -0.05) is 20.8 Å². The zero-order valence-corrected chi connectivity index (χ0v) is 23.7. The summed E-state index contributed by atoms with van der Waals surface area (Å²) < 4.78 is 5.22. The van der Waals surface area contributed by atoms with Crippen LogP contribution in [0.2, 0.25) is 0 Å². The average molecular weight is 545 g/mol. The lowest BCUT2D eigenvalue weighted by molar-refractivity contribution is -0.117. The van der Waals surface area contributed by atoms with Gasteiger partial charge in [0.25, 0.3) is 11.8 Å². The van der Waals surface area contributed by atoms with Gasteiger partial charge in [-0.05, 0) is 99.0 Å². The second kappa shape index (κ2) is 12.5. The Labute approximate surface area is 234 Å². The van der Waals surface area contributed by atoms with Gasteiger partial charge in [-0.3, -0.25) is 19.7 Å². The van der Waals surface area contributed by atoms with Gasteiger partial charge in [-0.25, -0.2) is 4.79 Å². The number of hydrogen-bond donors (Lipinski definition) is 4. The van der Waals surface area contributed by atoms with Crippen LogP contribution in [0.15, 0.2) is 72.8 Å². The molecule has 0 heterocycles. The van der Waals surface area contributed by atoms with E-state index in [1.165, 1.54) is 0 Å². The maximum atomic E-state index is 12.7. The van der Waals surface area contributed by atoms with Crippen molar-refractivity contribution >= 4 is 46.6 Å². The third kappa shape index (κ3) is 9.90. The largest absolute Gasteiger partial charge is 0.444 e. The van der Waals surface area contributed by atoms with Crippen molar-refractivity contribution in [1.82, 2.24) is 0 Å². The molecule has 4 amide bonds. The van der Waals surface area contributed by atoms with Crippen LogP contribution < -0.4 is 21.3 Å². The number of carbonyl (C=O) groups excluding carboxylic acids is 4. The SMILES string of the molecule is CC(C)(C)CC(=O)Nc1ccc(C(=O)Nc2ccc(C(=O)Nc3ccc(NC(=O)OC(C)(C)C)cc3)cc2)cc1. The Morgan fingerprint density at radius 1 is 0.550 bits per heavy atom. The third-order valence-corrected chi connectivity index (χ3v) is 5.31. The van der Waals surface area contributed by atoms with E-state index < -0.39 is 11.7 Å². The Bertz CT molecular complexity index is 1350. The highest BCUT2D eigenvalue weighted by molar-refractivity contribution is 6.06. The summed E-state index contributed by atoms with van der Waals surface area (Å²) in [6.07, 6.45) is -0.170. The highest BCUT2D eigenvalue weighted by atomic mass is 16.6. The quantitative estimate of drug-likeness (QED) is 0.257. The molecule has 0 aromatic heterocycles. The summed E-state index contributed by atoms with van der Waals surface area (Å²) in [4.78, 5) is 49.3. The van der Waals surface area contributed by atoms with Crippen LogP contribution in [0.1, 0.15) is 68.7 Å². The minimum absolute atomic E-state index is 0.0824. The Morgan fingerprint density at radius 2 is 0.900 bits per heavy atom. The van der Waals surface area contributed by atoms with Gasteiger partial charge in [0.15, 0.2) is 0 Å². The van der Waals surface area contributed by atoms with Gasteiger partial charge in [0.05, 0.1) is 0 Å². The molecule has 0 saturated carbocycles. The Kier molecular flexibility index (Phi) is 9.31. The second-order valence-corrected chi connectivity index (χ2v) is 11.6. The summed E-state index contributed by atoms with van der Waals surface area (Å²) in [6, 6.07) is 19.8. The number of ether oxygens (including phenoxy) is 1. The molecule has 3 rings (SSSR count). The number of anilines is 4. The summed E-state index contributed by atoms with van der Waals surface area (Å²) in [5.41, 5.74) is 2.35. The van der Waals surface area contributed by atoms with Crippen molar-refractivity contribution in [1.29, 1.82) is 0 Å². The fourth-order valence-corrected chi connectivity index (χ4v) is 3.56. The lowest BCUT2D eigenvalue weighted by Gasteiger charge is -2.19. The minimum Gasteiger partial charge on any atom is -0.444 e. The van der Waals surface area contributed by atoms with E-state index in [0.29, 0.717) is 40.3 Å². The summed E-state index contributed by atoms with van der Waals surface area (Å²) in [5.74, 6) is -0.722. The molecule has 3 aromatic carbocycles. The smallest absolute Gasteiger partial charge is 0.412 e. The lowest BCUT2D eigenvalue weighted by Crippen LogP contribution is -2.27. The van der Waals surface area contributed by atoms with Crippen molar-refractivity contribution in [2.75, 3.05) is 21.3 Å². The molecular weight excluding hydrogens is 508 g/mol. The van der Waals surface area contributed by atoms with Gasteiger partial charge in [0.1, 0.15) is 5.60 Å². The van der Waals surface area contributed by atoms with Crippen molar-refractivity contribution in [3.05, 3.63) is 83.9 Å². The number of benzene rings is 3. The predicted molar refractivity (Wildman–Crippen MR) is 158 cm³/mol. The van der Waals surface area contributed by atoms with Crippen LogP contribution in [0, 0.1) is 5.41 Å². The molecule has 0 unspecified atom stereocenters. The molecule has 210 valence electrons. The topological polar surface area (TPSA) is 126 Å². The summed E-state index contributed by atoms with van der Waals surface area (Å²) in [6.45, 7) is 11.3. The number of rotatable bonds is 7. The van der Waals surface area contributed by atoms with E-state index >= 15 is 0 Å². The van der Waals surface area contributed by atoms with Gasteiger partial charge < -0.3 is 20.7 Å². The first-order valence-electron chi connectivity index (χ1n) is 12.9. The van der Waals surface area contributed by atoms with E-state index in [4.69, 9.17) is 4.74 Å². The molecule has 0 saturated heterocycles. The normalized spacial score (nSPS) is 11.2. The first kappa shape index (κ1) is 29.9. The van der Waals surface area contributed by atoms with Crippen molar-refractivity contribution in [2.24, 2.45) is 5.41 Å². The first-order chi connectivity index (χ1) is 18.7. The monoisotopic (exact) mass is 544 g/mol. The van der Waals surface area contributed by atoms with Gasteiger partial charge >= 0.3 is 6.09 Å². The van der Waals surface area contributed by atoms with Crippen molar-refractivity contribution in [2.45, 2.75) is 53.6 Å². The molecule has 0 radical (unpaired) electrons. The standard InChI is InChI=1S/C31H36N4O5/c1-30(2,3)19-26(36)32-22-11-7-20(8-12-22)27(37)33-23-13-9-21(10-14-23)28(38)34-24-15-17-25(18-16-24)35-29(39)40-31(4,5)6/h7-18H,19H2,1-6H3,(H,32,36)(H,33,37)(H,34,38)(H,35,39). The third-order valence-electron chi connectivity index (χ3n) is 5.31. The van der Waals surface area contributed by atoms with Crippen molar-refractivity contribution in [3.63, 3.8) is 0 Å². The number of amides is 4. The van der Waals surface area contributed by atoms with Crippen molar-refractivity contribution in [3.8, 4) is 0 Å². The van der Waals surface area contributed by atoms with Gasteiger partial charge in [0.2, 0.25) is 5.91 Å². The molecule has 0 atom stereocenters. The fourth-order valence-electron chi connectivity index (χ4n) is 3.56. The predicted octanol–water partition coefficient (Wildman–Crippen LogP) is 6.91. The van der Waals surface area contributed by atoms with Crippen LogP contribution in [-0.2, 0) is 9.53 Å². The van der Waals surface area contributed by atoms with E-state index in [9.17, 15) is 19.2 Å². The van der Waals surface area contributed by atoms with E-state index in [2.05, 4.69) is 21.3 Å². The van der Waals surface area contributed by atoms with Gasteiger partial charge in [-0.2, -0.15) is 0 Å². The zero-order chi connectivity index (χ0) is 29.5. The van der Waals surface area contributed by atoms with Crippen LogP contribution in [0.3, 0.4) is 0 Å². The van der Waals surface area contributed by atoms with Crippen LogP contribution in [0.5, 0.6) is 0 Å². The summed E-state index contributed by atoms with van der Waals surface area (Å²) in [7, 11) is 0. The van der Waals surface area contributed by atoms with E-state index in [0.717, 1.165) is 0 Å². The molecule has 0 aliphatic heterocycles. The zero-order valence-electron chi connectivity index (χ0n) is 23.7. The van der Waals surface area contributed by atoms with Crippen LogP contribution in [0.25, 0.3) is 0 Å². The molecule has 0 aliphatic rings. The van der Waals surface area contributed by atoms with E-state index in [1.54, 1.807) is 93.6 Å². The maximum absolute atomic E-state index is 12.7. The number of hydrogen-bond acceptors (Lipinski definition) is 5. The second-order valence-electron chi connectivity index (χ2n) is 11.6. The molecule has 3 aromatic rings. The fraction of sp³-hybridized carbons (Fsp3) is 0.290. The Balaban J connectivity index is 1.52. The van der Waals surface area contributed by atoms with Crippen LogP contribution in [0.4, 0.5) is 27.5 Å². The van der Waals surface area contributed by atoms with E-state index in [-0.39, 0.29) is 23.1 Å². The average Bonchev–Trinajstić information content (AvgIpc) is 2.83. The lowest BCUT2D eigenvalue weighted by atomic mass is 9.92. The number of nitrogens with one attached hydrogen (secondary N) is 4. The first-order valence-corrected chi connectivity index (χ1v) is 12.9. The molecule has 0 bridgehead atoms. The van der Waals surface area contributed by atoms with E-state index in [1.807, 2.05) is 20.8 Å². The highest BCUT2D eigenvalue weighted by Gasteiger charge is 2.17. The summed E-state index contributed by atoms with van der Waals surface area (Å²) in [5, 5.41) is 11.1. The van der Waals surface area contributed by atoms with Crippen LogP contribution in [-0.4, -0.2) is 29.4 Å². The molecule has 4 N–H and O–H groups in total. The highest BCUT2D eigenvalue weighted by Crippen LogP contribution is 2.21. The molecule has 9 heteroatoms. The molecule has 0 aliphatic carbocycles. The maximum Gasteiger partial charge on any atom is 0.412 e. The molecule has 0 spiro atoms. The molecule has 9 nitrogen and oxygen atoms in total. The molecule has 40 heavy (non-hydrogen) atoms.